The fourth-order valence-electron chi connectivity index (χ4n) is 7.53. The first kappa shape index (κ1) is 55.1. The van der Waals surface area contributed by atoms with E-state index < -0.39 is 75.2 Å². The Morgan fingerprint density at radius 1 is 0.586 bits per heavy atom. The summed E-state index contributed by atoms with van der Waals surface area (Å²) in [5.74, 6) is -0.565. The van der Waals surface area contributed by atoms with Crippen LogP contribution in [0, 0.1) is 0 Å². The lowest BCUT2D eigenvalue weighted by molar-refractivity contribution is -0.220. The average Bonchev–Trinajstić information content (AvgIpc) is 3.19. The summed E-state index contributed by atoms with van der Waals surface area (Å²) in [7, 11) is -5.11. The van der Waals surface area contributed by atoms with Gasteiger partial charge in [-0.15, -0.1) is 0 Å². The lowest BCUT2D eigenvalue weighted by Gasteiger charge is -2.41. The highest BCUT2D eigenvalue weighted by Crippen LogP contribution is 2.47. The summed E-state index contributed by atoms with van der Waals surface area (Å²) in [4.78, 5) is 23.4. The standard InChI is InChI=1S/C44H86NO12P/c1-3-5-7-9-11-13-15-16-17-18-19-20-22-23-25-27-29-31-35(46)33-38(48)45-36(37(47)32-30-28-26-24-21-14-12-10-8-6-4-2)34-56-58(54,55)57-44-42(52)40(50)39(49)41(51)43(44)53/h18-19,35-37,39-44,46-47,49-53H,3-17,20-34H2,1-2H3,(H,45,48)(H,54,55)/b19-18-. The van der Waals surface area contributed by atoms with Crippen LogP contribution in [0.2, 0.25) is 0 Å². The van der Waals surface area contributed by atoms with Crippen molar-refractivity contribution in [1.29, 1.82) is 0 Å². The summed E-state index contributed by atoms with van der Waals surface area (Å²) in [5, 5.41) is 74.5. The number of aliphatic hydroxyl groups excluding tert-OH is 7. The van der Waals surface area contributed by atoms with Crippen LogP contribution in [0.15, 0.2) is 12.2 Å². The molecule has 1 aliphatic carbocycles. The fraction of sp³-hybridized carbons (Fsp3) is 0.932. The summed E-state index contributed by atoms with van der Waals surface area (Å²) >= 11 is 0. The van der Waals surface area contributed by atoms with Crippen LogP contribution in [0.4, 0.5) is 0 Å². The Labute approximate surface area is 351 Å². The van der Waals surface area contributed by atoms with E-state index in [9.17, 15) is 50.0 Å². The van der Waals surface area contributed by atoms with E-state index in [1.165, 1.54) is 89.9 Å². The van der Waals surface area contributed by atoms with Gasteiger partial charge in [-0.1, -0.05) is 167 Å². The van der Waals surface area contributed by atoms with Crippen molar-refractivity contribution < 1.29 is 59.0 Å². The number of rotatable bonds is 38. The highest BCUT2D eigenvalue weighted by atomic mass is 31.2. The van der Waals surface area contributed by atoms with Gasteiger partial charge >= 0.3 is 7.82 Å². The van der Waals surface area contributed by atoms with Gasteiger partial charge in [-0.3, -0.25) is 13.8 Å². The van der Waals surface area contributed by atoms with E-state index in [2.05, 4.69) is 31.3 Å². The Morgan fingerprint density at radius 3 is 1.41 bits per heavy atom. The van der Waals surface area contributed by atoms with Gasteiger partial charge in [0.05, 0.1) is 31.3 Å². The van der Waals surface area contributed by atoms with Crippen LogP contribution in [0.25, 0.3) is 0 Å². The molecule has 8 unspecified atom stereocenters. The first-order valence-electron chi connectivity index (χ1n) is 23.2. The average molecular weight is 852 g/mol. The number of unbranched alkanes of at least 4 members (excludes halogenated alkanes) is 23. The Hall–Kier alpha value is -0.960. The predicted molar refractivity (Wildman–Crippen MR) is 229 cm³/mol. The largest absolute Gasteiger partial charge is 0.472 e. The zero-order chi connectivity index (χ0) is 43.0. The quantitative estimate of drug-likeness (QED) is 0.0168. The van der Waals surface area contributed by atoms with Crippen LogP contribution >= 0.6 is 7.82 Å². The number of phosphoric ester groups is 1. The third-order valence-corrected chi connectivity index (χ3v) is 12.4. The van der Waals surface area contributed by atoms with E-state index in [0.717, 1.165) is 70.6 Å². The molecule has 14 heteroatoms. The SMILES string of the molecule is CCCCCCCCCC/C=C\CCCCCCCC(O)CC(=O)NC(COP(=O)(O)OC1C(O)C(O)C(O)C(O)C1O)C(O)CCCCCCCCCCCCC. The molecule has 0 spiro atoms. The van der Waals surface area contributed by atoms with E-state index in [0.29, 0.717) is 12.8 Å². The van der Waals surface area contributed by atoms with Gasteiger partial charge in [-0.05, 0) is 38.5 Å². The number of carbonyl (C=O) groups is 1. The third-order valence-electron chi connectivity index (χ3n) is 11.4. The molecule has 8 atom stereocenters. The van der Waals surface area contributed by atoms with Crippen LogP contribution in [0.5, 0.6) is 0 Å². The second-order valence-electron chi connectivity index (χ2n) is 16.8. The maximum atomic E-state index is 13.0. The normalized spacial score (nSPS) is 23.8. The molecule has 58 heavy (non-hydrogen) atoms. The summed E-state index contributed by atoms with van der Waals surface area (Å²) in [6.07, 6.45) is 21.3. The molecule has 0 aromatic carbocycles. The van der Waals surface area contributed by atoms with E-state index in [-0.39, 0.29) is 12.8 Å². The number of phosphoric acid groups is 1. The van der Waals surface area contributed by atoms with Crippen molar-refractivity contribution in [3.8, 4) is 0 Å². The van der Waals surface area contributed by atoms with Crippen molar-refractivity contribution in [2.45, 2.75) is 255 Å². The molecular formula is C44H86NO12P. The highest BCUT2D eigenvalue weighted by molar-refractivity contribution is 7.47. The highest BCUT2D eigenvalue weighted by Gasteiger charge is 2.51. The minimum Gasteiger partial charge on any atom is -0.393 e. The second-order valence-corrected chi connectivity index (χ2v) is 18.2. The Morgan fingerprint density at radius 2 is 0.966 bits per heavy atom. The van der Waals surface area contributed by atoms with Crippen molar-refractivity contribution >= 4 is 13.7 Å². The number of hydrogen-bond acceptors (Lipinski definition) is 11. The molecule has 0 bridgehead atoms. The number of aliphatic hydroxyl groups is 7. The zero-order valence-corrected chi connectivity index (χ0v) is 37.1. The van der Waals surface area contributed by atoms with Crippen LogP contribution in [0.3, 0.4) is 0 Å². The van der Waals surface area contributed by atoms with Gasteiger partial charge < -0.3 is 46.0 Å². The summed E-state index contributed by atoms with van der Waals surface area (Å²) in [6.45, 7) is 3.77. The lowest BCUT2D eigenvalue weighted by Crippen LogP contribution is -2.64. The van der Waals surface area contributed by atoms with Crippen molar-refractivity contribution in [1.82, 2.24) is 5.32 Å². The van der Waals surface area contributed by atoms with Gasteiger partial charge in [0.2, 0.25) is 5.91 Å². The molecule has 0 aliphatic heterocycles. The minimum atomic E-state index is -5.11. The maximum absolute atomic E-state index is 13.0. The smallest absolute Gasteiger partial charge is 0.393 e. The van der Waals surface area contributed by atoms with Gasteiger partial charge in [0.1, 0.15) is 36.6 Å². The van der Waals surface area contributed by atoms with Gasteiger partial charge in [-0.25, -0.2) is 4.57 Å². The number of nitrogens with one attached hydrogen (secondary N) is 1. The van der Waals surface area contributed by atoms with Crippen molar-refractivity contribution in [2.24, 2.45) is 0 Å². The molecule has 13 nitrogen and oxygen atoms in total. The first-order chi connectivity index (χ1) is 27.8. The van der Waals surface area contributed by atoms with Crippen molar-refractivity contribution in [2.75, 3.05) is 6.61 Å². The van der Waals surface area contributed by atoms with Gasteiger partial charge in [0.15, 0.2) is 0 Å². The Bertz CT molecular complexity index is 1050. The van der Waals surface area contributed by atoms with E-state index in [1.54, 1.807) is 0 Å². The molecule has 1 rings (SSSR count). The Kier molecular flexibility index (Phi) is 32.9. The molecule has 344 valence electrons. The van der Waals surface area contributed by atoms with Crippen LogP contribution < -0.4 is 5.32 Å². The van der Waals surface area contributed by atoms with Crippen molar-refractivity contribution in [3.63, 3.8) is 0 Å². The number of carbonyl (C=O) groups excluding carboxylic acids is 1. The zero-order valence-electron chi connectivity index (χ0n) is 36.2. The van der Waals surface area contributed by atoms with Gasteiger partial charge in [-0.2, -0.15) is 0 Å². The van der Waals surface area contributed by atoms with Gasteiger partial charge in [0, 0.05) is 0 Å². The molecule has 9 N–H and O–H groups in total. The topological polar surface area (TPSA) is 226 Å². The molecule has 0 radical (unpaired) electrons. The van der Waals surface area contributed by atoms with E-state index in [1.807, 2.05) is 0 Å². The molecule has 1 fully saturated rings. The molecule has 0 saturated heterocycles. The fourth-order valence-corrected chi connectivity index (χ4v) is 8.50. The lowest BCUT2D eigenvalue weighted by atomic mass is 9.85. The number of amides is 1. The van der Waals surface area contributed by atoms with E-state index >= 15 is 0 Å². The molecule has 0 aromatic rings. The molecule has 0 aromatic heterocycles. The monoisotopic (exact) mass is 852 g/mol. The summed E-state index contributed by atoms with van der Waals surface area (Å²) in [6, 6.07) is -1.15. The van der Waals surface area contributed by atoms with Crippen LogP contribution in [-0.4, -0.2) is 108 Å². The minimum absolute atomic E-state index is 0.225. The van der Waals surface area contributed by atoms with Crippen molar-refractivity contribution in [3.05, 3.63) is 12.2 Å². The van der Waals surface area contributed by atoms with E-state index in [4.69, 9.17) is 9.05 Å². The first-order valence-corrected chi connectivity index (χ1v) is 24.7. The molecule has 1 amide bonds. The predicted octanol–water partition coefficient (Wildman–Crippen LogP) is 7.42. The molecule has 1 saturated carbocycles. The van der Waals surface area contributed by atoms with Crippen LogP contribution in [0.1, 0.15) is 200 Å². The molecule has 1 aliphatic rings. The number of hydrogen-bond donors (Lipinski definition) is 9. The molecule has 0 heterocycles. The third kappa shape index (κ3) is 26.4. The van der Waals surface area contributed by atoms with Crippen LogP contribution in [-0.2, 0) is 18.4 Å². The van der Waals surface area contributed by atoms with Gasteiger partial charge in [0.25, 0.3) is 0 Å². The summed E-state index contributed by atoms with van der Waals surface area (Å²) in [5.41, 5.74) is 0. The second kappa shape index (κ2) is 34.6. The number of allylic oxidation sites excluding steroid dienone is 2. The maximum Gasteiger partial charge on any atom is 0.472 e. The Balaban J connectivity index is 2.50. The summed E-state index contributed by atoms with van der Waals surface area (Å²) < 4.78 is 22.9. The molecular weight excluding hydrogens is 765 g/mol.